The molecule has 2 aromatic carbocycles. The summed E-state index contributed by atoms with van der Waals surface area (Å²) in [4.78, 5) is 11.2. The van der Waals surface area contributed by atoms with E-state index in [1.54, 1.807) is 14.2 Å². The van der Waals surface area contributed by atoms with Crippen molar-refractivity contribution in [2.45, 2.75) is 6.92 Å². The smallest absolute Gasteiger partial charge is 0.221 e. The van der Waals surface area contributed by atoms with Gasteiger partial charge in [0.2, 0.25) is 5.91 Å². The minimum atomic E-state index is -0.0908. The lowest BCUT2D eigenvalue weighted by atomic mass is 10.1. The Morgan fingerprint density at radius 3 is 2.41 bits per heavy atom. The Morgan fingerprint density at radius 2 is 1.73 bits per heavy atom. The SMILES string of the molecule is COc1ccc(/C=C/c2ccccc2NC(C)=O)cc1OC. The molecule has 0 aliphatic carbocycles. The maximum atomic E-state index is 11.2. The highest BCUT2D eigenvalue weighted by atomic mass is 16.5. The van der Waals surface area contributed by atoms with Crippen LogP contribution in [0.1, 0.15) is 18.1 Å². The predicted octanol–water partition coefficient (Wildman–Crippen LogP) is 3.83. The van der Waals surface area contributed by atoms with Gasteiger partial charge in [0.25, 0.3) is 0 Å². The number of carbonyl (C=O) groups excluding carboxylic acids is 1. The maximum absolute atomic E-state index is 11.2. The van der Waals surface area contributed by atoms with Gasteiger partial charge in [-0.3, -0.25) is 4.79 Å². The van der Waals surface area contributed by atoms with Crippen molar-refractivity contribution < 1.29 is 14.3 Å². The number of hydrogen-bond donors (Lipinski definition) is 1. The molecule has 1 N–H and O–H groups in total. The number of carbonyl (C=O) groups is 1. The van der Waals surface area contributed by atoms with Gasteiger partial charge < -0.3 is 14.8 Å². The fourth-order valence-corrected chi connectivity index (χ4v) is 2.09. The van der Waals surface area contributed by atoms with E-state index >= 15 is 0 Å². The summed E-state index contributed by atoms with van der Waals surface area (Å²) in [6, 6.07) is 13.3. The van der Waals surface area contributed by atoms with Crippen molar-refractivity contribution in [2.75, 3.05) is 19.5 Å². The van der Waals surface area contributed by atoms with Crippen LogP contribution in [0.3, 0.4) is 0 Å². The van der Waals surface area contributed by atoms with Crippen LogP contribution in [-0.4, -0.2) is 20.1 Å². The first-order chi connectivity index (χ1) is 10.6. The van der Waals surface area contributed by atoms with Crippen LogP contribution < -0.4 is 14.8 Å². The van der Waals surface area contributed by atoms with Crippen LogP contribution in [0.25, 0.3) is 12.2 Å². The summed E-state index contributed by atoms with van der Waals surface area (Å²) in [6.07, 6.45) is 3.91. The third-order valence-electron chi connectivity index (χ3n) is 3.13. The van der Waals surface area contributed by atoms with E-state index in [2.05, 4.69) is 5.32 Å². The molecule has 0 heterocycles. The van der Waals surface area contributed by atoms with Crippen molar-refractivity contribution in [1.29, 1.82) is 0 Å². The van der Waals surface area contributed by atoms with Gasteiger partial charge in [-0.2, -0.15) is 0 Å². The van der Waals surface area contributed by atoms with Crippen LogP contribution in [-0.2, 0) is 4.79 Å². The zero-order valence-electron chi connectivity index (χ0n) is 12.9. The van der Waals surface area contributed by atoms with Gasteiger partial charge in [0.1, 0.15) is 0 Å². The van der Waals surface area contributed by atoms with E-state index in [-0.39, 0.29) is 5.91 Å². The largest absolute Gasteiger partial charge is 0.493 e. The number of anilines is 1. The van der Waals surface area contributed by atoms with Crippen LogP contribution in [0.5, 0.6) is 11.5 Å². The number of benzene rings is 2. The molecular weight excluding hydrogens is 278 g/mol. The molecule has 0 spiro atoms. The van der Waals surface area contributed by atoms with Gasteiger partial charge in [-0.1, -0.05) is 36.4 Å². The summed E-state index contributed by atoms with van der Waals surface area (Å²) in [5.41, 5.74) is 2.70. The van der Waals surface area contributed by atoms with Gasteiger partial charge in [0, 0.05) is 12.6 Å². The van der Waals surface area contributed by atoms with Gasteiger partial charge in [0.15, 0.2) is 11.5 Å². The quantitative estimate of drug-likeness (QED) is 0.853. The van der Waals surface area contributed by atoms with E-state index < -0.39 is 0 Å². The Morgan fingerprint density at radius 1 is 1.00 bits per heavy atom. The van der Waals surface area contributed by atoms with Crippen molar-refractivity contribution in [1.82, 2.24) is 0 Å². The van der Waals surface area contributed by atoms with Crippen LogP contribution in [0.2, 0.25) is 0 Å². The predicted molar refractivity (Wildman–Crippen MR) is 89.2 cm³/mol. The number of rotatable bonds is 5. The standard InChI is InChI=1S/C18H19NO3/c1-13(20)19-16-7-5-4-6-15(16)10-8-14-9-11-17(21-2)18(12-14)22-3/h4-12H,1-3H3,(H,19,20)/b10-8+. The number of para-hydroxylation sites is 1. The number of amides is 1. The molecular formula is C18H19NO3. The number of hydrogen-bond acceptors (Lipinski definition) is 3. The van der Waals surface area contributed by atoms with E-state index in [1.807, 2.05) is 54.6 Å². The van der Waals surface area contributed by atoms with Gasteiger partial charge in [-0.25, -0.2) is 0 Å². The summed E-state index contributed by atoms with van der Waals surface area (Å²) in [7, 11) is 3.22. The van der Waals surface area contributed by atoms with E-state index in [0.717, 1.165) is 16.8 Å². The molecule has 4 nitrogen and oxygen atoms in total. The maximum Gasteiger partial charge on any atom is 0.221 e. The summed E-state index contributed by atoms with van der Waals surface area (Å²) >= 11 is 0. The van der Waals surface area contributed by atoms with E-state index in [9.17, 15) is 4.79 Å². The molecule has 0 fully saturated rings. The highest BCUT2D eigenvalue weighted by molar-refractivity contribution is 5.92. The number of methoxy groups -OCH3 is 2. The monoisotopic (exact) mass is 297 g/mol. The average Bonchev–Trinajstić information content (AvgIpc) is 2.53. The fourth-order valence-electron chi connectivity index (χ4n) is 2.09. The highest BCUT2D eigenvalue weighted by Gasteiger charge is 2.03. The van der Waals surface area contributed by atoms with Crippen LogP contribution >= 0.6 is 0 Å². The first kappa shape index (κ1) is 15.6. The Bertz CT molecular complexity index is 692. The molecule has 0 atom stereocenters. The van der Waals surface area contributed by atoms with Gasteiger partial charge >= 0.3 is 0 Å². The Hall–Kier alpha value is -2.75. The number of ether oxygens (including phenoxy) is 2. The third-order valence-corrected chi connectivity index (χ3v) is 3.13. The third kappa shape index (κ3) is 3.88. The second-order valence-corrected chi connectivity index (χ2v) is 4.72. The van der Waals surface area contributed by atoms with Gasteiger partial charge in [0.05, 0.1) is 14.2 Å². The normalized spacial score (nSPS) is 10.5. The molecule has 4 heteroatoms. The minimum Gasteiger partial charge on any atom is -0.493 e. The summed E-state index contributed by atoms with van der Waals surface area (Å²) in [6.45, 7) is 1.49. The Labute approximate surface area is 130 Å². The summed E-state index contributed by atoms with van der Waals surface area (Å²) in [5.74, 6) is 1.28. The zero-order chi connectivity index (χ0) is 15.9. The Kier molecular flexibility index (Phi) is 5.20. The van der Waals surface area contributed by atoms with E-state index in [4.69, 9.17) is 9.47 Å². The van der Waals surface area contributed by atoms with Crippen molar-refractivity contribution in [3.05, 3.63) is 53.6 Å². The first-order valence-corrected chi connectivity index (χ1v) is 6.90. The van der Waals surface area contributed by atoms with Gasteiger partial charge in [-0.15, -0.1) is 0 Å². The van der Waals surface area contributed by atoms with Crippen molar-refractivity contribution >= 4 is 23.7 Å². The molecule has 0 unspecified atom stereocenters. The van der Waals surface area contributed by atoms with Gasteiger partial charge in [-0.05, 0) is 29.3 Å². The molecule has 0 aliphatic rings. The molecule has 0 saturated carbocycles. The number of nitrogens with one attached hydrogen (secondary N) is 1. The van der Waals surface area contributed by atoms with Crippen LogP contribution in [0.15, 0.2) is 42.5 Å². The highest BCUT2D eigenvalue weighted by Crippen LogP contribution is 2.28. The van der Waals surface area contributed by atoms with Crippen molar-refractivity contribution in [3.63, 3.8) is 0 Å². The van der Waals surface area contributed by atoms with Crippen molar-refractivity contribution in [3.8, 4) is 11.5 Å². The lowest BCUT2D eigenvalue weighted by Gasteiger charge is -2.08. The molecule has 0 aliphatic heterocycles. The molecule has 0 saturated heterocycles. The molecule has 0 aromatic heterocycles. The fraction of sp³-hybridized carbons (Fsp3) is 0.167. The summed E-state index contributed by atoms with van der Waals surface area (Å²) < 4.78 is 10.5. The second kappa shape index (κ2) is 7.31. The van der Waals surface area contributed by atoms with Crippen LogP contribution in [0.4, 0.5) is 5.69 Å². The topological polar surface area (TPSA) is 47.6 Å². The van der Waals surface area contributed by atoms with E-state index in [1.165, 1.54) is 6.92 Å². The second-order valence-electron chi connectivity index (χ2n) is 4.72. The molecule has 2 aromatic rings. The molecule has 2 rings (SSSR count). The molecule has 22 heavy (non-hydrogen) atoms. The molecule has 114 valence electrons. The lowest BCUT2D eigenvalue weighted by Crippen LogP contribution is -2.06. The average molecular weight is 297 g/mol. The molecule has 1 amide bonds. The first-order valence-electron chi connectivity index (χ1n) is 6.90. The molecule has 0 radical (unpaired) electrons. The van der Waals surface area contributed by atoms with Crippen molar-refractivity contribution in [2.24, 2.45) is 0 Å². The summed E-state index contributed by atoms with van der Waals surface area (Å²) in [5, 5.41) is 2.82. The zero-order valence-corrected chi connectivity index (χ0v) is 12.9. The lowest BCUT2D eigenvalue weighted by molar-refractivity contribution is -0.114. The molecule has 0 bridgehead atoms. The van der Waals surface area contributed by atoms with Crippen LogP contribution in [0, 0.1) is 0 Å². The minimum absolute atomic E-state index is 0.0908. The van der Waals surface area contributed by atoms with E-state index in [0.29, 0.717) is 11.5 Å². The Balaban J connectivity index is 2.27.